The van der Waals surface area contributed by atoms with E-state index in [9.17, 15) is 13.2 Å². The molecular formula is C15H14ClF3N2. The van der Waals surface area contributed by atoms with Crippen LogP contribution >= 0.6 is 11.6 Å². The second-order valence-electron chi connectivity index (χ2n) is 4.67. The highest BCUT2D eigenvalue weighted by Crippen LogP contribution is 2.39. The van der Waals surface area contributed by atoms with Gasteiger partial charge >= 0.3 is 6.18 Å². The Morgan fingerprint density at radius 3 is 2.48 bits per heavy atom. The van der Waals surface area contributed by atoms with Crippen molar-refractivity contribution in [2.75, 3.05) is 0 Å². The van der Waals surface area contributed by atoms with Crippen molar-refractivity contribution in [2.24, 2.45) is 10.7 Å². The van der Waals surface area contributed by atoms with E-state index in [1.807, 2.05) is 30.3 Å². The number of rotatable bonds is 3. The highest BCUT2D eigenvalue weighted by atomic mass is 35.5. The first-order valence-corrected chi connectivity index (χ1v) is 6.69. The van der Waals surface area contributed by atoms with Crippen molar-refractivity contribution in [2.45, 2.75) is 24.1 Å². The van der Waals surface area contributed by atoms with Gasteiger partial charge in [0.05, 0.1) is 6.54 Å². The third kappa shape index (κ3) is 3.54. The Balaban J connectivity index is 2.27. The summed E-state index contributed by atoms with van der Waals surface area (Å²) in [4.78, 5) is 1.32. The molecule has 2 N–H and O–H groups in total. The molecule has 0 aromatic heterocycles. The smallest absolute Gasteiger partial charge is 0.301 e. The quantitative estimate of drug-likeness (QED) is 0.665. The van der Waals surface area contributed by atoms with Crippen molar-refractivity contribution < 1.29 is 13.2 Å². The first kappa shape index (κ1) is 15.8. The van der Waals surface area contributed by atoms with Gasteiger partial charge in [-0.25, -0.2) is 0 Å². The molecule has 1 aliphatic carbocycles. The maximum absolute atomic E-state index is 13.0. The average Bonchev–Trinajstić information content (AvgIpc) is 2.45. The van der Waals surface area contributed by atoms with Gasteiger partial charge in [-0.1, -0.05) is 60.2 Å². The van der Waals surface area contributed by atoms with Crippen LogP contribution in [0.5, 0.6) is 0 Å². The van der Waals surface area contributed by atoms with Gasteiger partial charge in [0.15, 0.2) is 0 Å². The van der Waals surface area contributed by atoms with E-state index in [1.54, 1.807) is 6.08 Å². The lowest BCUT2D eigenvalue weighted by molar-refractivity contribution is -0.150. The number of nitrogens with two attached hydrogens (primary N) is 1. The van der Waals surface area contributed by atoms with Crippen LogP contribution in [0, 0.1) is 0 Å². The molecule has 0 radical (unpaired) electrons. The number of hydrogen-bond donors (Lipinski definition) is 1. The minimum absolute atomic E-state index is 0.199. The standard InChI is InChI=1S/C15H14ClF3N2/c16-14(20,15(17,18)19)12-8-4-5-9-13(12)21-10-11-6-2-1-3-7-11/h1-8H,9-10,20H2. The number of hydrogen-bond acceptors (Lipinski definition) is 2. The summed E-state index contributed by atoms with van der Waals surface area (Å²) in [6.45, 7) is 0.284. The van der Waals surface area contributed by atoms with Gasteiger partial charge in [0, 0.05) is 17.7 Å². The summed E-state index contributed by atoms with van der Waals surface area (Å²) in [5, 5.41) is 0. The van der Waals surface area contributed by atoms with Crippen LogP contribution in [-0.4, -0.2) is 16.9 Å². The maximum atomic E-state index is 13.0. The molecule has 1 aliphatic rings. The predicted molar refractivity (Wildman–Crippen MR) is 78.2 cm³/mol. The minimum atomic E-state index is -4.75. The number of benzene rings is 1. The van der Waals surface area contributed by atoms with Crippen LogP contribution in [0.15, 0.2) is 59.1 Å². The van der Waals surface area contributed by atoms with E-state index in [4.69, 9.17) is 17.3 Å². The molecule has 21 heavy (non-hydrogen) atoms. The van der Waals surface area contributed by atoms with E-state index < -0.39 is 11.2 Å². The SMILES string of the molecule is NC(Cl)(C1=CC=CCC1=NCc1ccccc1)C(F)(F)F. The molecule has 0 saturated carbocycles. The van der Waals surface area contributed by atoms with E-state index >= 15 is 0 Å². The molecule has 0 heterocycles. The molecule has 0 saturated heterocycles. The van der Waals surface area contributed by atoms with Crippen molar-refractivity contribution in [3.8, 4) is 0 Å². The fraction of sp³-hybridized carbons (Fsp3) is 0.267. The molecule has 2 rings (SSSR count). The van der Waals surface area contributed by atoms with E-state index in [0.717, 1.165) is 5.56 Å². The summed E-state index contributed by atoms with van der Waals surface area (Å²) >= 11 is 5.54. The summed E-state index contributed by atoms with van der Waals surface area (Å²) < 4.78 is 38.9. The van der Waals surface area contributed by atoms with E-state index in [-0.39, 0.29) is 24.3 Å². The molecule has 1 atom stereocenters. The van der Waals surface area contributed by atoms with Crippen LogP contribution in [0.2, 0.25) is 0 Å². The molecule has 112 valence electrons. The lowest BCUT2D eigenvalue weighted by atomic mass is 9.95. The molecule has 1 aromatic carbocycles. The zero-order valence-electron chi connectivity index (χ0n) is 11.1. The van der Waals surface area contributed by atoms with Crippen molar-refractivity contribution in [1.82, 2.24) is 0 Å². The van der Waals surface area contributed by atoms with E-state index in [1.165, 1.54) is 12.2 Å². The number of nitrogens with zero attached hydrogens (tertiary/aromatic N) is 1. The van der Waals surface area contributed by atoms with Gasteiger partial charge in [-0.2, -0.15) is 13.2 Å². The Morgan fingerprint density at radius 1 is 1.19 bits per heavy atom. The Kier molecular flexibility index (Phi) is 4.54. The summed E-state index contributed by atoms with van der Waals surface area (Å²) in [6, 6.07) is 9.26. The Morgan fingerprint density at radius 2 is 1.86 bits per heavy atom. The molecule has 0 aliphatic heterocycles. The number of aliphatic imine (C=N–C) groups is 1. The number of alkyl halides is 4. The van der Waals surface area contributed by atoms with Gasteiger partial charge in [0.1, 0.15) is 0 Å². The summed E-state index contributed by atoms with van der Waals surface area (Å²) in [5.74, 6) is 0. The fourth-order valence-corrected chi connectivity index (χ4v) is 2.13. The van der Waals surface area contributed by atoms with Crippen molar-refractivity contribution >= 4 is 17.3 Å². The molecule has 0 fully saturated rings. The van der Waals surface area contributed by atoms with Crippen LogP contribution in [0.3, 0.4) is 0 Å². The monoisotopic (exact) mass is 314 g/mol. The van der Waals surface area contributed by atoms with Gasteiger partial charge in [-0.05, 0) is 5.56 Å². The Hall–Kier alpha value is -1.59. The predicted octanol–water partition coefficient (Wildman–Crippen LogP) is 3.97. The van der Waals surface area contributed by atoms with Crippen LogP contribution in [-0.2, 0) is 6.54 Å². The molecule has 1 aromatic rings. The van der Waals surface area contributed by atoms with Crippen LogP contribution < -0.4 is 5.73 Å². The zero-order valence-corrected chi connectivity index (χ0v) is 11.8. The first-order chi connectivity index (χ1) is 9.82. The van der Waals surface area contributed by atoms with Crippen LogP contribution in [0.4, 0.5) is 13.2 Å². The highest BCUT2D eigenvalue weighted by Gasteiger charge is 2.54. The van der Waals surface area contributed by atoms with Gasteiger partial charge in [0.25, 0.3) is 0 Å². The van der Waals surface area contributed by atoms with Crippen LogP contribution in [0.25, 0.3) is 0 Å². The topological polar surface area (TPSA) is 38.4 Å². The number of allylic oxidation sites excluding steroid dienone is 3. The summed E-state index contributed by atoms with van der Waals surface area (Å²) in [5.41, 5.74) is 6.25. The van der Waals surface area contributed by atoms with Gasteiger partial charge in [-0.15, -0.1) is 0 Å². The largest absolute Gasteiger partial charge is 0.424 e. The summed E-state index contributed by atoms with van der Waals surface area (Å²) in [7, 11) is 0. The van der Waals surface area contributed by atoms with Gasteiger partial charge < -0.3 is 5.73 Å². The maximum Gasteiger partial charge on any atom is 0.424 e. The second kappa shape index (κ2) is 6.03. The zero-order chi connectivity index (χ0) is 15.5. The third-order valence-electron chi connectivity index (χ3n) is 3.12. The normalized spacial score (nSPS) is 20.2. The van der Waals surface area contributed by atoms with Crippen molar-refractivity contribution in [3.63, 3.8) is 0 Å². The molecule has 2 nitrogen and oxygen atoms in total. The Bertz CT molecular complexity index is 587. The molecule has 1 unspecified atom stereocenters. The third-order valence-corrected chi connectivity index (χ3v) is 3.54. The fourth-order valence-electron chi connectivity index (χ4n) is 1.95. The van der Waals surface area contributed by atoms with E-state index in [0.29, 0.717) is 0 Å². The van der Waals surface area contributed by atoms with E-state index in [2.05, 4.69) is 4.99 Å². The minimum Gasteiger partial charge on any atom is -0.301 e. The first-order valence-electron chi connectivity index (χ1n) is 6.32. The van der Waals surface area contributed by atoms with Gasteiger partial charge in [-0.3, -0.25) is 4.99 Å². The van der Waals surface area contributed by atoms with Gasteiger partial charge in [0.2, 0.25) is 5.00 Å². The molecule has 0 amide bonds. The molecule has 0 spiro atoms. The number of halogens is 4. The highest BCUT2D eigenvalue weighted by molar-refractivity contribution is 6.30. The van der Waals surface area contributed by atoms with Crippen molar-refractivity contribution in [3.05, 3.63) is 59.7 Å². The molecule has 0 bridgehead atoms. The molecule has 6 heteroatoms. The lowest BCUT2D eigenvalue weighted by Crippen LogP contribution is -2.52. The Labute approximate surface area is 125 Å². The second-order valence-corrected chi connectivity index (χ2v) is 5.27. The lowest BCUT2D eigenvalue weighted by Gasteiger charge is -2.29. The summed E-state index contributed by atoms with van der Waals surface area (Å²) in [6.07, 6.45) is 0.0244. The van der Waals surface area contributed by atoms with Crippen LogP contribution in [0.1, 0.15) is 12.0 Å². The van der Waals surface area contributed by atoms with Crippen molar-refractivity contribution in [1.29, 1.82) is 0 Å². The molecular weight excluding hydrogens is 301 g/mol. The average molecular weight is 315 g/mol.